The lowest BCUT2D eigenvalue weighted by atomic mass is 9.81. The van der Waals surface area contributed by atoms with Crippen molar-refractivity contribution in [3.63, 3.8) is 0 Å². The zero-order valence-electron chi connectivity index (χ0n) is 22.8. The highest BCUT2D eigenvalue weighted by Crippen LogP contribution is 2.42. The average Bonchev–Trinajstić information content (AvgIpc) is 2.90. The number of alkyl halides is 6. The van der Waals surface area contributed by atoms with Crippen LogP contribution in [0.2, 0.25) is 5.02 Å². The Labute approximate surface area is 243 Å². The van der Waals surface area contributed by atoms with E-state index in [0.29, 0.717) is 34.1 Å². The van der Waals surface area contributed by atoms with Crippen molar-refractivity contribution in [2.75, 3.05) is 29.9 Å². The molecule has 0 aliphatic carbocycles. The molecule has 2 atom stereocenters. The van der Waals surface area contributed by atoms with Crippen molar-refractivity contribution in [1.82, 2.24) is 4.98 Å². The van der Waals surface area contributed by atoms with Crippen LogP contribution in [0.25, 0.3) is 11.1 Å². The SMILES string of the molecule is CN(C(=O)C(C)(C)c1cc(C(F)(F)F)cc(C(F)(F)F)c1)c1cnc(N2C[C@H](O)C[C@@H](O)C2)cc1-c1ccccc1Cl. The van der Waals surface area contributed by atoms with Gasteiger partial charge in [-0.3, -0.25) is 4.79 Å². The molecule has 3 aromatic rings. The highest BCUT2D eigenvalue weighted by atomic mass is 35.5. The van der Waals surface area contributed by atoms with Crippen LogP contribution in [0.4, 0.5) is 37.8 Å². The Kier molecular flexibility index (Phi) is 8.56. The molecule has 1 saturated heterocycles. The van der Waals surface area contributed by atoms with Crippen molar-refractivity contribution in [3.05, 3.63) is 76.4 Å². The molecule has 2 aromatic carbocycles. The molecule has 0 radical (unpaired) electrons. The molecular weight excluding hydrogens is 588 g/mol. The third-order valence-corrected chi connectivity index (χ3v) is 7.60. The molecule has 226 valence electrons. The van der Waals surface area contributed by atoms with Crippen LogP contribution in [-0.4, -0.2) is 53.4 Å². The van der Waals surface area contributed by atoms with E-state index in [1.807, 2.05) is 0 Å². The Morgan fingerprint density at radius 3 is 1.95 bits per heavy atom. The topological polar surface area (TPSA) is 76.9 Å². The fourth-order valence-corrected chi connectivity index (χ4v) is 5.21. The molecule has 0 spiro atoms. The first-order valence-corrected chi connectivity index (χ1v) is 13.2. The van der Waals surface area contributed by atoms with Crippen molar-refractivity contribution in [2.24, 2.45) is 0 Å². The number of hydrogen-bond donors (Lipinski definition) is 2. The molecule has 2 heterocycles. The third-order valence-electron chi connectivity index (χ3n) is 7.27. The molecule has 1 aliphatic rings. The molecule has 1 aromatic heterocycles. The lowest BCUT2D eigenvalue weighted by molar-refractivity contribution is -0.143. The van der Waals surface area contributed by atoms with Gasteiger partial charge in [0.25, 0.3) is 0 Å². The standard InChI is InChI=1S/C29H28ClF6N3O3/c1-27(2,16-8-17(28(31,32)33)10-18(9-16)29(34,35)36)26(42)38(3)24-13-37-25(39-14-19(40)11-20(41)15-39)12-22(24)21-6-4-5-7-23(21)30/h4-10,12-13,19-20,40-41H,11,14-15H2,1-3H3/t19-,20-/m1/s1. The summed E-state index contributed by atoms with van der Waals surface area (Å²) in [4.78, 5) is 21.0. The van der Waals surface area contributed by atoms with Gasteiger partial charge in [-0.15, -0.1) is 0 Å². The number of hydrogen-bond acceptors (Lipinski definition) is 5. The number of carbonyl (C=O) groups is 1. The van der Waals surface area contributed by atoms with Gasteiger partial charge in [0, 0.05) is 42.7 Å². The summed E-state index contributed by atoms with van der Waals surface area (Å²) in [5.41, 5.74) is -4.30. The van der Waals surface area contributed by atoms with Crippen LogP contribution in [0.15, 0.2) is 54.7 Å². The summed E-state index contributed by atoms with van der Waals surface area (Å²) in [7, 11) is 1.34. The number of aromatic nitrogens is 1. The molecule has 4 rings (SSSR count). The summed E-state index contributed by atoms with van der Waals surface area (Å²) >= 11 is 6.47. The van der Waals surface area contributed by atoms with Crippen LogP contribution in [0.5, 0.6) is 0 Å². The maximum Gasteiger partial charge on any atom is 0.416 e. The number of β-amino-alcohol motifs (C(OH)–C–C–N with tert-alkyl or cyclic N) is 2. The van der Waals surface area contributed by atoms with E-state index in [1.54, 1.807) is 35.2 Å². The molecule has 1 aliphatic heterocycles. The second-order valence-corrected chi connectivity index (χ2v) is 11.2. The Balaban J connectivity index is 1.81. The zero-order chi connectivity index (χ0) is 31.2. The van der Waals surface area contributed by atoms with Gasteiger partial charge < -0.3 is 20.0 Å². The van der Waals surface area contributed by atoms with Gasteiger partial charge in [0.05, 0.1) is 40.6 Å². The Morgan fingerprint density at radius 1 is 0.905 bits per heavy atom. The third kappa shape index (κ3) is 6.50. The average molecular weight is 616 g/mol. The molecule has 1 amide bonds. The molecule has 2 N–H and O–H groups in total. The van der Waals surface area contributed by atoms with E-state index in [9.17, 15) is 41.4 Å². The number of carbonyl (C=O) groups excluding carboxylic acids is 1. The van der Waals surface area contributed by atoms with Crippen LogP contribution in [0, 0.1) is 0 Å². The van der Waals surface area contributed by atoms with Crippen LogP contribution in [0.3, 0.4) is 0 Å². The molecule has 13 heteroatoms. The van der Waals surface area contributed by atoms with Gasteiger partial charge in [0.2, 0.25) is 5.91 Å². The smallest absolute Gasteiger partial charge is 0.391 e. The number of nitrogens with zero attached hydrogens (tertiary/aromatic N) is 3. The number of amides is 1. The number of halogens is 7. The quantitative estimate of drug-likeness (QED) is 0.329. The minimum absolute atomic E-state index is 0.0143. The van der Waals surface area contributed by atoms with Crippen molar-refractivity contribution in [2.45, 2.75) is 50.2 Å². The Hall–Kier alpha value is -3.35. The summed E-state index contributed by atoms with van der Waals surface area (Å²) in [5, 5.41) is 20.6. The number of rotatable bonds is 5. The van der Waals surface area contributed by atoms with Crippen LogP contribution in [0.1, 0.15) is 37.0 Å². The van der Waals surface area contributed by atoms with E-state index in [-0.39, 0.29) is 31.3 Å². The second kappa shape index (κ2) is 11.4. The highest BCUT2D eigenvalue weighted by Gasteiger charge is 2.41. The van der Waals surface area contributed by atoms with Crippen molar-refractivity contribution in [1.29, 1.82) is 0 Å². The van der Waals surface area contributed by atoms with Crippen molar-refractivity contribution in [3.8, 4) is 11.1 Å². The number of piperidine rings is 1. The van der Waals surface area contributed by atoms with Crippen LogP contribution < -0.4 is 9.80 Å². The molecule has 1 fully saturated rings. The predicted molar refractivity (Wildman–Crippen MR) is 146 cm³/mol. The summed E-state index contributed by atoms with van der Waals surface area (Å²) in [6, 6.07) is 9.39. The minimum atomic E-state index is -5.08. The van der Waals surface area contributed by atoms with Gasteiger partial charge in [-0.25, -0.2) is 4.98 Å². The first-order valence-electron chi connectivity index (χ1n) is 12.8. The van der Waals surface area contributed by atoms with E-state index < -0.39 is 52.6 Å². The monoisotopic (exact) mass is 615 g/mol. The van der Waals surface area contributed by atoms with Crippen molar-refractivity contribution < 1.29 is 41.4 Å². The van der Waals surface area contributed by atoms with Gasteiger partial charge in [-0.05, 0) is 49.7 Å². The summed E-state index contributed by atoms with van der Waals surface area (Å²) in [5.74, 6) is -0.444. The zero-order valence-corrected chi connectivity index (χ0v) is 23.5. The fraction of sp³-hybridized carbons (Fsp3) is 0.379. The normalized spacial score (nSPS) is 18.2. The largest absolute Gasteiger partial charge is 0.416 e. The minimum Gasteiger partial charge on any atom is -0.391 e. The molecule has 0 unspecified atom stereocenters. The van der Waals surface area contributed by atoms with E-state index in [1.165, 1.54) is 27.1 Å². The first kappa shape index (κ1) is 31.6. The van der Waals surface area contributed by atoms with E-state index in [4.69, 9.17) is 11.6 Å². The lowest BCUT2D eigenvalue weighted by Gasteiger charge is -2.35. The molecule has 42 heavy (non-hydrogen) atoms. The maximum atomic E-state index is 13.9. The van der Waals surface area contributed by atoms with Gasteiger partial charge in [-0.2, -0.15) is 26.3 Å². The van der Waals surface area contributed by atoms with E-state index >= 15 is 0 Å². The Bertz CT molecular complexity index is 1440. The lowest BCUT2D eigenvalue weighted by Crippen LogP contribution is -2.46. The highest BCUT2D eigenvalue weighted by molar-refractivity contribution is 6.33. The van der Waals surface area contributed by atoms with Crippen LogP contribution >= 0.6 is 11.6 Å². The van der Waals surface area contributed by atoms with Gasteiger partial charge in [0.1, 0.15) is 5.82 Å². The van der Waals surface area contributed by atoms with E-state index in [0.717, 1.165) is 4.90 Å². The molecule has 6 nitrogen and oxygen atoms in total. The van der Waals surface area contributed by atoms with Crippen LogP contribution in [-0.2, 0) is 22.6 Å². The molecule has 0 saturated carbocycles. The summed E-state index contributed by atoms with van der Waals surface area (Å²) in [6.07, 6.45) is -10.2. The Morgan fingerprint density at radius 2 is 1.43 bits per heavy atom. The summed E-state index contributed by atoms with van der Waals surface area (Å²) < 4.78 is 81.3. The van der Waals surface area contributed by atoms with Gasteiger partial charge in [0.15, 0.2) is 0 Å². The number of benzene rings is 2. The second-order valence-electron chi connectivity index (χ2n) is 10.8. The fourth-order valence-electron chi connectivity index (χ4n) is 4.97. The van der Waals surface area contributed by atoms with E-state index in [2.05, 4.69) is 4.98 Å². The number of pyridine rings is 1. The molecule has 0 bridgehead atoms. The van der Waals surface area contributed by atoms with Crippen molar-refractivity contribution >= 4 is 29.0 Å². The number of aliphatic hydroxyl groups excluding tert-OH is 2. The predicted octanol–water partition coefficient (Wildman–Crippen LogP) is 6.31. The number of likely N-dealkylation sites (N-methyl/N-ethyl adjacent to an activating group) is 1. The summed E-state index contributed by atoms with van der Waals surface area (Å²) in [6.45, 7) is 2.86. The number of aliphatic hydroxyl groups is 2. The number of anilines is 2. The van der Waals surface area contributed by atoms with Gasteiger partial charge >= 0.3 is 12.4 Å². The maximum absolute atomic E-state index is 13.9. The molecular formula is C29H28ClF6N3O3. The first-order chi connectivity index (χ1) is 19.4. The van der Waals surface area contributed by atoms with Gasteiger partial charge in [-0.1, -0.05) is 29.8 Å².